The van der Waals surface area contributed by atoms with Gasteiger partial charge in [0, 0.05) is 0 Å². The third-order valence-electron chi connectivity index (χ3n) is 17.4. The molecule has 2 aliphatic rings. The third kappa shape index (κ3) is 5.19. The summed E-state index contributed by atoms with van der Waals surface area (Å²) in [6, 6.07) is 67.1. The summed E-state index contributed by atoms with van der Waals surface area (Å²) in [5.74, 6) is 0. The van der Waals surface area contributed by atoms with Gasteiger partial charge in [-0.25, -0.2) is 0 Å². The van der Waals surface area contributed by atoms with E-state index in [9.17, 15) is 0 Å². The zero-order chi connectivity index (χ0) is 48.8. The van der Waals surface area contributed by atoms with Crippen LogP contribution < -0.4 is 42.4 Å². The van der Waals surface area contributed by atoms with Crippen molar-refractivity contribution in [1.82, 2.24) is 0 Å². The van der Waals surface area contributed by atoms with E-state index in [0.717, 1.165) is 0 Å². The normalized spacial score (nSPS) is 13.0. The SMILES string of the molecule is CCC[I-]c1c2c(c([I-]CCC)c3ccccc13)-c1ccc3c4c(-c5ccccc5)c5c6ccc7c8ccc9c%10c(ccc(c%11ccc(c5c(-c5ccccc5)c4c4ccc-2c1c43)c6c%117)c%108)-c1c(C)ccc(C)c1-9. The Morgan fingerprint density at radius 3 is 0.973 bits per heavy atom. The standard InChI is InChI=1S/C72H48I2/c1-5-35-73-71-45-19-13-14-20-46(45)72(74-36-6-2)70-54-34-32-52-63-51(31-33-53(64(54)63)69(70)71)67-57(39-15-9-7-10-16-39)65-49-29-25-43-41-23-27-47-55-37(3)21-22-38(4)56(55)48-28-24-42(59(41)61(47)48)44-26-30-50(62(49)60(43)44)66(65)58(68(52)67)40-17-11-8-12-18-40/h7-34H,5-6,35-36H2,1-4H3/q-2. The molecule has 0 atom stereocenters. The second kappa shape index (κ2) is 15.4. The van der Waals surface area contributed by atoms with Crippen LogP contribution in [0.25, 0.3) is 174 Å². The van der Waals surface area contributed by atoms with Crippen LogP contribution in [0.3, 0.4) is 0 Å². The van der Waals surface area contributed by atoms with Crippen LogP contribution in [-0.4, -0.2) is 8.86 Å². The Kier molecular flexibility index (Phi) is 8.82. The molecule has 0 saturated heterocycles. The molecular weight excluding hydrogens is 1120 g/mol. The average Bonchev–Trinajstić information content (AvgIpc) is 4.19. The molecule has 0 heterocycles. The number of hydrogen-bond acceptors (Lipinski definition) is 0. The van der Waals surface area contributed by atoms with E-state index in [4.69, 9.17) is 0 Å². The minimum atomic E-state index is -0.186. The Hall–Kier alpha value is -6.86. The first-order valence-corrected chi connectivity index (χ1v) is 31.8. The number of fused-ring (bicyclic) bond motifs is 15. The van der Waals surface area contributed by atoms with Crippen molar-refractivity contribution in [1.29, 1.82) is 0 Å². The van der Waals surface area contributed by atoms with Crippen molar-refractivity contribution in [2.45, 2.75) is 40.5 Å². The molecule has 352 valence electrons. The quantitative estimate of drug-likeness (QED) is 0.0616. The fourth-order valence-corrected chi connectivity index (χ4v) is 20.5. The third-order valence-corrected chi connectivity index (χ3v) is 24.4. The summed E-state index contributed by atoms with van der Waals surface area (Å²) >= 11 is -0.372. The van der Waals surface area contributed by atoms with E-state index >= 15 is 0 Å². The van der Waals surface area contributed by atoms with Gasteiger partial charge in [-0.15, -0.1) is 0 Å². The van der Waals surface area contributed by atoms with E-state index in [2.05, 4.69) is 198 Å². The van der Waals surface area contributed by atoms with Crippen LogP contribution in [0.4, 0.5) is 0 Å². The molecule has 0 saturated carbocycles. The number of halogens is 2. The number of hydrogen-bond donors (Lipinski definition) is 0. The van der Waals surface area contributed by atoms with Gasteiger partial charge in [0.2, 0.25) is 0 Å². The van der Waals surface area contributed by atoms with Crippen molar-refractivity contribution in [3.8, 4) is 66.8 Å². The zero-order valence-corrected chi connectivity index (χ0v) is 46.1. The summed E-state index contributed by atoms with van der Waals surface area (Å²) in [4.78, 5) is 0. The Morgan fingerprint density at radius 1 is 0.257 bits per heavy atom. The maximum absolute atomic E-state index is 2.57. The molecule has 0 fully saturated rings. The predicted octanol–water partition coefficient (Wildman–Crippen LogP) is 14.1. The fourth-order valence-electron chi connectivity index (χ4n) is 14.7. The van der Waals surface area contributed by atoms with Gasteiger partial charge in [0.1, 0.15) is 0 Å². The van der Waals surface area contributed by atoms with E-state index in [1.54, 1.807) is 18.3 Å². The Labute approximate surface area is 450 Å². The number of benzene rings is 13. The monoisotopic (exact) mass is 1170 g/mol. The van der Waals surface area contributed by atoms with E-state index in [0.29, 0.717) is 0 Å². The molecule has 74 heavy (non-hydrogen) atoms. The molecule has 0 aliphatic heterocycles. The average molecular weight is 1170 g/mol. The van der Waals surface area contributed by atoms with Gasteiger partial charge in [0.25, 0.3) is 0 Å². The molecule has 0 spiro atoms. The van der Waals surface area contributed by atoms with Crippen molar-refractivity contribution in [3.05, 3.63) is 188 Å². The van der Waals surface area contributed by atoms with E-state index in [1.165, 1.54) is 196 Å². The minimum Gasteiger partial charge on any atom is -0.0584 e. The first-order valence-electron chi connectivity index (χ1n) is 26.6. The van der Waals surface area contributed by atoms with E-state index in [1.807, 2.05) is 0 Å². The fraction of sp³-hybridized carbons (Fsp3) is 0.111. The molecular formula is C72H48I2-2. The van der Waals surface area contributed by atoms with Crippen LogP contribution >= 0.6 is 0 Å². The molecule has 2 heteroatoms. The number of alkyl halides is 2. The molecule has 15 aromatic carbocycles. The van der Waals surface area contributed by atoms with Gasteiger partial charge < -0.3 is 0 Å². The molecule has 0 N–H and O–H groups in total. The van der Waals surface area contributed by atoms with Crippen molar-refractivity contribution < 1.29 is 42.4 Å². The van der Waals surface area contributed by atoms with Crippen LogP contribution in [0, 0.1) is 21.0 Å². The molecule has 17 rings (SSSR count). The molecule has 2 aliphatic carbocycles. The Morgan fingerprint density at radius 2 is 0.568 bits per heavy atom. The number of aryl methyl sites for hydroxylation is 2. The smallest absolute Gasteiger partial charge is 0.0584 e. The van der Waals surface area contributed by atoms with Gasteiger partial charge in [-0.3, -0.25) is 0 Å². The maximum atomic E-state index is 2.57. The molecule has 0 aromatic heterocycles. The molecule has 0 nitrogen and oxygen atoms in total. The van der Waals surface area contributed by atoms with Crippen molar-refractivity contribution in [2.24, 2.45) is 0 Å². The van der Waals surface area contributed by atoms with E-state index in [-0.39, 0.29) is 42.4 Å². The Bertz CT molecular complexity index is 4670. The van der Waals surface area contributed by atoms with Gasteiger partial charge >= 0.3 is 338 Å². The molecule has 0 bridgehead atoms. The van der Waals surface area contributed by atoms with Gasteiger partial charge in [0.05, 0.1) is 0 Å². The van der Waals surface area contributed by atoms with Crippen LogP contribution in [0.1, 0.15) is 37.8 Å². The summed E-state index contributed by atoms with van der Waals surface area (Å²) in [6.45, 7) is 9.32. The molecule has 0 amide bonds. The molecule has 0 unspecified atom stereocenters. The van der Waals surface area contributed by atoms with E-state index < -0.39 is 0 Å². The topological polar surface area (TPSA) is 0 Å². The predicted molar refractivity (Wildman–Crippen MR) is 312 cm³/mol. The van der Waals surface area contributed by atoms with Gasteiger partial charge in [-0.1, -0.05) is 36.4 Å². The Balaban J connectivity index is 1.05. The molecule has 15 aromatic rings. The van der Waals surface area contributed by atoms with Crippen molar-refractivity contribution in [3.63, 3.8) is 0 Å². The summed E-state index contributed by atoms with van der Waals surface area (Å²) in [5.41, 5.74) is 19.7. The van der Waals surface area contributed by atoms with Crippen molar-refractivity contribution in [2.75, 3.05) is 8.86 Å². The zero-order valence-electron chi connectivity index (χ0n) is 41.8. The van der Waals surface area contributed by atoms with Crippen molar-refractivity contribution >= 4 is 108 Å². The van der Waals surface area contributed by atoms with Crippen LogP contribution in [0.2, 0.25) is 0 Å². The second-order valence-electron chi connectivity index (χ2n) is 21.2. The first-order chi connectivity index (χ1) is 36.6. The van der Waals surface area contributed by atoms with Gasteiger partial charge in [-0.2, -0.15) is 0 Å². The first kappa shape index (κ1) is 42.5. The summed E-state index contributed by atoms with van der Waals surface area (Å²) in [6.07, 6.45) is 2.46. The minimum absolute atomic E-state index is 0.186. The number of rotatable bonds is 8. The van der Waals surface area contributed by atoms with Crippen LogP contribution in [0.5, 0.6) is 0 Å². The summed E-state index contributed by atoms with van der Waals surface area (Å²) < 4.78 is 5.93. The summed E-state index contributed by atoms with van der Waals surface area (Å²) in [5, 5.41) is 28.0. The molecule has 0 radical (unpaired) electrons. The van der Waals surface area contributed by atoms with Crippen LogP contribution in [0.15, 0.2) is 170 Å². The summed E-state index contributed by atoms with van der Waals surface area (Å²) in [7, 11) is 0. The van der Waals surface area contributed by atoms with Crippen LogP contribution in [-0.2, 0) is 0 Å². The van der Waals surface area contributed by atoms with Gasteiger partial charge in [-0.05, 0) is 79.5 Å². The second-order valence-corrected chi connectivity index (χ2v) is 27.1. The van der Waals surface area contributed by atoms with Gasteiger partial charge in [0.15, 0.2) is 0 Å².